The first-order valence-electron chi connectivity index (χ1n) is 9.29. The van der Waals surface area contributed by atoms with Gasteiger partial charge in [-0.15, -0.1) is 0 Å². The molecule has 0 radical (unpaired) electrons. The molecule has 2 aromatic carbocycles. The highest BCUT2D eigenvalue weighted by Crippen LogP contribution is 2.46. The van der Waals surface area contributed by atoms with E-state index < -0.39 is 5.92 Å². The Kier molecular flexibility index (Phi) is 4.70. The van der Waals surface area contributed by atoms with Gasteiger partial charge in [-0.1, -0.05) is 41.4 Å². The SMILES string of the molecule is Cc1ccc(N2C(N)=C(C#N)[C@H](c3ccc(Cl)cc3)C3=C2CCCC3=O)cc1. The normalized spacial score (nSPS) is 19.5. The molecule has 1 aliphatic heterocycles. The third kappa shape index (κ3) is 2.98. The number of hydrogen-bond donors (Lipinski definition) is 1. The molecule has 0 unspecified atom stereocenters. The second-order valence-corrected chi connectivity index (χ2v) is 7.64. The molecule has 2 aliphatic rings. The van der Waals surface area contributed by atoms with Crippen LogP contribution in [0.2, 0.25) is 5.02 Å². The molecular formula is C23H20ClN3O. The predicted octanol–water partition coefficient (Wildman–Crippen LogP) is 4.95. The van der Waals surface area contributed by atoms with Gasteiger partial charge in [-0.2, -0.15) is 5.26 Å². The second kappa shape index (κ2) is 7.18. The molecule has 1 atom stereocenters. The van der Waals surface area contributed by atoms with Crippen molar-refractivity contribution in [2.24, 2.45) is 5.73 Å². The van der Waals surface area contributed by atoms with E-state index in [1.807, 2.05) is 48.2 Å². The molecule has 4 rings (SSSR count). The van der Waals surface area contributed by atoms with Crippen molar-refractivity contribution >= 4 is 23.1 Å². The number of aryl methyl sites for hydroxylation is 1. The Morgan fingerprint density at radius 1 is 1.11 bits per heavy atom. The molecule has 0 saturated heterocycles. The average Bonchev–Trinajstić information content (AvgIpc) is 2.69. The molecule has 0 bridgehead atoms. The monoisotopic (exact) mass is 389 g/mol. The van der Waals surface area contributed by atoms with Crippen molar-refractivity contribution in [2.75, 3.05) is 4.90 Å². The summed E-state index contributed by atoms with van der Waals surface area (Å²) in [5, 5.41) is 10.6. The quantitative estimate of drug-likeness (QED) is 0.788. The minimum absolute atomic E-state index is 0.0820. The van der Waals surface area contributed by atoms with Gasteiger partial charge in [0.15, 0.2) is 5.78 Å². The Bertz CT molecular complexity index is 1040. The van der Waals surface area contributed by atoms with Crippen molar-refractivity contribution in [3.63, 3.8) is 0 Å². The molecule has 0 spiro atoms. The van der Waals surface area contributed by atoms with E-state index in [1.165, 1.54) is 0 Å². The lowest BCUT2D eigenvalue weighted by Crippen LogP contribution is -2.38. The number of Topliss-reactive ketones (excluding diaryl/α,β-unsaturated/α-hetero) is 1. The fourth-order valence-electron chi connectivity index (χ4n) is 4.06. The van der Waals surface area contributed by atoms with Crippen LogP contribution < -0.4 is 10.6 Å². The van der Waals surface area contributed by atoms with Gasteiger partial charge in [0, 0.05) is 28.4 Å². The fourth-order valence-corrected chi connectivity index (χ4v) is 4.19. The molecular weight excluding hydrogens is 370 g/mol. The number of nitrogens with two attached hydrogens (primary N) is 1. The number of rotatable bonds is 2. The standard InChI is InChI=1S/C23H20ClN3O/c1-14-5-11-17(12-6-14)27-19-3-2-4-20(28)22(19)21(18(13-25)23(27)26)15-7-9-16(24)10-8-15/h5-12,21H,2-4,26H2,1H3/t21-/m0/s1. The van der Waals surface area contributed by atoms with Crippen molar-refractivity contribution < 1.29 is 4.79 Å². The van der Waals surface area contributed by atoms with E-state index in [-0.39, 0.29) is 5.78 Å². The van der Waals surface area contributed by atoms with Crippen molar-refractivity contribution in [3.8, 4) is 6.07 Å². The Morgan fingerprint density at radius 3 is 2.43 bits per heavy atom. The first-order chi connectivity index (χ1) is 13.5. The summed E-state index contributed by atoms with van der Waals surface area (Å²) in [6.45, 7) is 2.02. The minimum atomic E-state index is -0.452. The Morgan fingerprint density at radius 2 is 1.79 bits per heavy atom. The van der Waals surface area contributed by atoms with Gasteiger partial charge in [-0.05, 0) is 49.6 Å². The van der Waals surface area contributed by atoms with Crippen LogP contribution in [0.5, 0.6) is 0 Å². The first kappa shape index (κ1) is 18.3. The smallest absolute Gasteiger partial charge is 0.161 e. The zero-order valence-electron chi connectivity index (χ0n) is 15.6. The number of nitriles is 1. The highest BCUT2D eigenvalue weighted by molar-refractivity contribution is 6.30. The number of halogens is 1. The van der Waals surface area contributed by atoms with Crippen LogP contribution in [0.4, 0.5) is 5.69 Å². The number of nitrogens with zero attached hydrogens (tertiary/aromatic N) is 2. The summed E-state index contributed by atoms with van der Waals surface area (Å²) in [7, 11) is 0. The molecule has 5 heteroatoms. The van der Waals surface area contributed by atoms with Crippen molar-refractivity contribution in [1.29, 1.82) is 5.26 Å². The highest BCUT2D eigenvalue weighted by atomic mass is 35.5. The molecule has 0 fully saturated rings. The van der Waals surface area contributed by atoms with Crippen molar-refractivity contribution in [2.45, 2.75) is 32.1 Å². The van der Waals surface area contributed by atoms with Gasteiger partial charge in [0.2, 0.25) is 0 Å². The van der Waals surface area contributed by atoms with E-state index >= 15 is 0 Å². The molecule has 2 N–H and O–H groups in total. The minimum Gasteiger partial charge on any atom is -0.384 e. The largest absolute Gasteiger partial charge is 0.384 e. The molecule has 0 saturated carbocycles. The van der Waals surface area contributed by atoms with Gasteiger partial charge < -0.3 is 5.73 Å². The molecule has 4 nitrogen and oxygen atoms in total. The van der Waals surface area contributed by atoms with Gasteiger partial charge in [-0.25, -0.2) is 0 Å². The second-order valence-electron chi connectivity index (χ2n) is 7.20. The number of carbonyl (C=O) groups is 1. The number of hydrogen-bond acceptors (Lipinski definition) is 4. The van der Waals surface area contributed by atoms with E-state index in [0.717, 1.165) is 35.4 Å². The number of benzene rings is 2. The molecule has 0 amide bonds. The van der Waals surface area contributed by atoms with E-state index in [2.05, 4.69) is 6.07 Å². The summed E-state index contributed by atoms with van der Waals surface area (Å²) in [4.78, 5) is 14.9. The third-order valence-electron chi connectivity index (χ3n) is 5.41. The summed E-state index contributed by atoms with van der Waals surface area (Å²) in [6, 6.07) is 17.5. The Balaban J connectivity index is 1.95. The summed E-state index contributed by atoms with van der Waals surface area (Å²) in [5.41, 5.74) is 11.4. The maximum absolute atomic E-state index is 13.0. The third-order valence-corrected chi connectivity index (χ3v) is 5.66. The summed E-state index contributed by atoms with van der Waals surface area (Å²) in [5.74, 6) is 0.0186. The highest BCUT2D eigenvalue weighted by Gasteiger charge is 2.40. The van der Waals surface area contributed by atoms with Crippen molar-refractivity contribution in [1.82, 2.24) is 0 Å². The molecule has 2 aromatic rings. The number of carbonyl (C=O) groups excluding carboxylic acids is 1. The zero-order valence-corrected chi connectivity index (χ0v) is 16.3. The zero-order chi connectivity index (χ0) is 19.8. The van der Waals surface area contributed by atoms with E-state index in [9.17, 15) is 10.1 Å². The molecule has 0 aromatic heterocycles. The van der Waals surface area contributed by atoms with Gasteiger partial charge in [0.1, 0.15) is 5.82 Å². The van der Waals surface area contributed by atoms with Gasteiger partial charge >= 0.3 is 0 Å². The summed E-state index contributed by atoms with van der Waals surface area (Å²) in [6.07, 6.45) is 2.02. The molecule has 140 valence electrons. The predicted molar refractivity (Wildman–Crippen MR) is 111 cm³/mol. The van der Waals surface area contributed by atoms with Crippen LogP contribution in [-0.4, -0.2) is 5.78 Å². The van der Waals surface area contributed by atoms with Crippen LogP contribution in [0.25, 0.3) is 0 Å². The summed E-state index contributed by atoms with van der Waals surface area (Å²) >= 11 is 6.04. The van der Waals surface area contributed by atoms with E-state index in [4.69, 9.17) is 17.3 Å². The van der Waals surface area contributed by atoms with Gasteiger partial charge in [0.25, 0.3) is 0 Å². The lowest BCUT2D eigenvalue weighted by molar-refractivity contribution is -0.116. The lowest BCUT2D eigenvalue weighted by Gasteiger charge is -2.39. The molecule has 28 heavy (non-hydrogen) atoms. The van der Waals surface area contributed by atoms with Crippen molar-refractivity contribution in [3.05, 3.63) is 87.3 Å². The lowest BCUT2D eigenvalue weighted by atomic mass is 9.75. The van der Waals surface area contributed by atoms with Crippen LogP contribution >= 0.6 is 11.6 Å². The molecule has 1 heterocycles. The van der Waals surface area contributed by atoms with Gasteiger partial charge in [-0.3, -0.25) is 9.69 Å². The van der Waals surface area contributed by atoms with E-state index in [1.54, 1.807) is 12.1 Å². The maximum Gasteiger partial charge on any atom is 0.161 e. The van der Waals surface area contributed by atoms with Gasteiger partial charge in [0.05, 0.1) is 17.6 Å². The Labute approximate surface area is 169 Å². The van der Waals surface area contributed by atoms with Crippen LogP contribution in [0.1, 0.15) is 36.3 Å². The average molecular weight is 390 g/mol. The Hall–Kier alpha value is -3.03. The number of anilines is 1. The molecule has 1 aliphatic carbocycles. The van der Waals surface area contributed by atoms with Crippen LogP contribution in [0, 0.1) is 18.3 Å². The fraction of sp³-hybridized carbons (Fsp3) is 0.217. The number of ketones is 1. The first-order valence-corrected chi connectivity index (χ1v) is 9.67. The summed E-state index contributed by atoms with van der Waals surface area (Å²) < 4.78 is 0. The van der Waals surface area contributed by atoms with Crippen LogP contribution in [0.15, 0.2) is 71.2 Å². The van der Waals surface area contributed by atoms with E-state index in [0.29, 0.717) is 28.4 Å². The van der Waals surface area contributed by atoms with Crippen LogP contribution in [-0.2, 0) is 4.79 Å². The number of allylic oxidation sites excluding steroid dienone is 3. The van der Waals surface area contributed by atoms with Crippen LogP contribution in [0.3, 0.4) is 0 Å². The topological polar surface area (TPSA) is 70.1 Å². The maximum atomic E-state index is 13.0.